The van der Waals surface area contributed by atoms with Crippen molar-refractivity contribution in [1.82, 2.24) is 0 Å². The number of aryl methyl sites for hydroxylation is 1. The van der Waals surface area contributed by atoms with Crippen LogP contribution in [0.1, 0.15) is 54.1 Å². The van der Waals surface area contributed by atoms with Crippen molar-refractivity contribution in [2.24, 2.45) is 21.3 Å². The average Bonchev–Trinajstić information content (AvgIpc) is 2.93. The molecular weight excluding hydrogens is 550 g/mol. The van der Waals surface area contributed by atoms with E-state index in [-0.39, 0.29) is 29.5 Å². The minimum atomic E-state index is -3.34. The van der Waals surface area contributed by atoms with Gasteiger partial charge in [0.05, 0.1) is 12.3 Å². The van der Waals surface area contributed by atoms with Crippen LogP contribution in [0.15, 0.2) is 65.4 Å². The lowest BCUT2D eigenvalue weighted by molar-refractivity contribution is -0.149. The van der Waals surface area contributed by atoms with E-state index in [4.69, 9.17) is 26.2 Å². The summed E-state index contributed by atoms with van der Waals surface area (Å²) in [5.41, 5.74) is 3.27. The molecule has 1 heterocycles. The van der Waals surface area contributed by atoms with Crippen LogP contribution >= 0.6 is 11.6 Å². The largest absolute Gasteiger partial charge is 0.491 e. The number of nitrogens with two attached hydrogens (primary N) is 1. The van der Waals surface area contributed by atoms with Crippen molar-refractivity contribution in [3.05, 3.63) is 82.8 Å². The van der Waals surface area contributed by atoms with Gasteiger partial charge in [-0.2, -0.15) is 0 Å². The lowest BCUT2D eigenvalue weighted by atomic mass is 9.70. The molecule has 2 N–H and O–H groups in total. The lowest BCUT2D eigenvalue weighted by Crippen LogP contribution is -2.44. The number of amides is 1. The normalized spacial score (nSPS) is 21.0. The zero-order chi connectivity index (χ0) is 28.9. The fraction of sp³-hybridized carbons (Fsp3) is 0.400. The second-order valence-electron chi connectivity index (χ2n) is 10.3. The van der Waals surface area contributed by atoms with E-state index in [1.54, 1.807) is 24.3 Å². The second-order valence-corrected chi connectivity index (χ2v) is 12.4. The third-order valence-electron chi connectivity index (χ3n) is 7.53. The Morgan fingerprint density at radius 2 is 2.02 bits per heavy atom. The molecule has 0 radical (unpaired) electrons. The standard InChI is InChI=1S/C30H36ClN3O5S/c1-4-28(39-20(3)35)26-13-10-24(26)19-34-18-23-9-12-25(31)16-21(23)8-6-7-15-38-29-14-11-22(17-27(29)34)30(36)33-40(32,37)5-2/h4-5,9,11-12,14,16-17,24,26,28H,1-2,6-8,10,13,15,18-19H2,3H3,(H2,32,33,36,37)/t24-,26+,28-,40?/m0/s1. The highest BCUT2D eigenvalue weighted by atomic mass is 35.5. The Morgan fingerprint density at radius 1 is 1.23 bits per heavy atom. The van der Waals surface area contributed by atoms with E-state index < -0.39 is 15.8 Å². The van der Waals surface area contributed by atoms with Crippen molar-refractivity contribution in [1.29, 1.82) is 0 Å². The van der Waals surface area contributed by atoms with E-state index in [2.05, 4.69) is 22.4 Å². The highest BCUT2D eigenvalue weighted by Gasteiger charge is 2.39. The Bertz CT molecular complexity index is 1420. The van der Waals surface area contributed by atoms with Gasteiger partial charge in [-0.25, -0.2) is 9.35 Å². The molecule has 40 heavy (non-hydrogen) atoms. The molecule has 2 aliphatic rings. The number of nitrogens with zero attached hydrogens (tertiary/aromatic N) is 2. The van der Waals surface area contributed by atoms with Gasteiger partial charge in [0.25, 0.3) is 5.91 Å². The van der Waals surface area contributed by atoms with Crippen LogP contribution in [-0.2, 0) is 32.4 Å². The highest BCUT2D eigenvalue weighted by Crippen LogP contribution is 2.42. The molecule has 2 aromatic carbocycles. The van der Waals surface area contributed by atoms with Gasteiger partial charge in [-0.3, -0.25) is 9.59 Å². The first kappa shape index (κ1) is 29.8. The van der Waals surface area contributed by atoms with Gasteiger partial charge in [-0.05, 0) is 79.5 Å². The number of carbonyl (C=O) groups excluding carboxylic acids is 2. The van der Waals surface area contributed by atoms with Crippen molar-refractivity contribution in [3.63, 3.8) is 0 Å². The van der Waals surface area contributed by atoms with Crippen LogP contribution in [0.4, 0.5) is 5.69 Å². The molecule has 4 rings (SSSR count). The minimum Gasteiger partial charge on any atom is -0.491 e. The Labute approximate surface area is 241 Å². The number of anilines is 1. The van der Waals surface area contributed by atoms with Crippen LogP contribution in [0, 0.1) is 11.8 Å². The predicted molar refractivity (Wildman–Crippen MR) is 159 cm³/mol. The zero-order valence-electron chi connectivity index (χ0n) is 22.7. The summed E-state index contributed by atoms with van der Waals surface area (Å²) in [5.74, 6) is -0.0491. The smallest absolute Gasteiger partial charge is 0.303 e. The first-order chi connectivity index (χ1) is 19.1. The van der Waals surface area contributed by atoms with Crippen molar-refractivity contribution in [2.75, 3.05) is 18.1 Å². The zero-order valence-corrected chi connectivity index (χ0v) is 24.3. The number of esters is 1. The summed E-state index contributed by atoms with van der Waals surface area (Å²) in [6.45, 7) is 10.4. The number of rotatable bonds is 7. The van der Waals surface area contributed by atoms with Gasteiger partial charge in [-0.1, -0.05) is 36.9 Å². The molecule has 1 saturated carbocycles. The molecular formula is C30H36ClN3O5S. The number of ether oxygens (including phenoxy) is 2. The van der Waals surface area contributed by atoms with Gasteiger partial charge in [0.1, 0.15) is 21.8 Å². The summed E-state index contributed by atoms with van der Waals surface area (Å²) in [5, 5.41) is 7.26. The molecule has 1 aliphatic heterocycles. The topological polar surface area (TPSA) is 111 Å². The molecule has 1 aliphatic carbocycles. The van der Waals surface area contributed by atoms with Gasteiger partial charge in [0, 0.05) is 41.9 Å². The van der Waals surface area contributed by atoms with Gasteiger partial charge in [0.2, 0.25) is 0 Å². The second kappa shape index (κ2) is 13.0. The van der Waals surface area contributed by atoms with E-state index >= 15 is 0 Å². The molecule has 214 valence electrons. The third kappa shape index (κ3) is 7.33. The average molecular weight is 586 g/mol. The fourth-order valence-corrected chi connectivity index (χ4v) is 5.95. The molecule has 0 spiro atoms. The highest BCUT2D eigenvalue weighted by molar-refractivity contribution is 7.94. The molecule has 1 unspecified atom stereocenters. The summed E-state index contributed by atoms with van der Waals surface area (Å²) in [6, 6.07) is 11.0. The molecule has 0 bridgehead atoms. The lowest BCUT2D eigenvalue weighted by Gasteiger charge is -2.43. The summed E-state index contributed by atoms with van der Waals surface area (Å²) >= 11 is 6.36. The van der Waals surface area contributed by atoms with Crippen LogP contribution in [0.2, 0.25) is 5.02 Å². The molecule has 1 amide bonds. The molecule has 4 atom stereocenters. The van der Waals surface area contributed by atoms with E-state index in [9.17, 15) is 13.8 Å². The molecule has 0 saturated heterocycles. The number of halogens is 1. The van der Waals surface area contributed by atoms with Gasteiger partial charge in [-0.15, -0.1) is 4.36 Å². The van der Waals surface area contributed by atoms with Crippen LogP contribution in [-0.4, -0.2) is 35.3 Å². The quantitative estimate of drug-likeness (QED) is 0.323. The monoisotopic (exact) mass is 585 g/mol. The fourth-order valence-electron chi connectivity index (χ4n) is 5.31. The molecule has 2 aromatic rings. The van der Waals surface area contributed by atoms with Crippen LogP contribution in [0.3, 0.4) is 0 Å². The Kier molecular flexibility index (Phi) is 9.71. The number of hydrogen-bond acceptors (Lipinski definition) is 6. The summed E-state index contributed by atoms with van der Waals surface area (Å²) < 4.78 is 27.7. The first-order valence-corrected chi connectivity index (χ1v) is 15.4. The number of benzene rings is 2. The van der Waals surface area contributed by atoms with E-state index in [1.807, 2.05) is 18.2 Å². The van der Waals surface area contributed by atoms with Crippen molar-refractivity contribution < 1.29 is 23.3 Å². The molecule has 10 heteroatoms. The predicted octanol–water partition coefficient (Wildman–Crippen LogP) is 5.83. The maximum absolute atomic E-state index is 12.9. The minimum absolute atomic E-state index is 0.128. The van der Waals surface area contributed by atoms with Gasteiger partial charge < -0.3 is 14.4 Å². The SMILES string of the molecule is C=C[C@H](OC(C)=O)[C@@H]1CC[C@H]1CN1Cc2ccc(Cl)cc2CCCCOc2ccc(C(=O)N=S(N)(=O)C=C)cc21. The molecule has 8 nitrogen and oxygen atoms in total. The van der Waals surface area contributed by atoms with Gasteiger partial charge >= 0.3 is 5.97 Å². The van der Waals surface area contributed by atoms with Crippen molar-refractivity contribution in [3.8, 4) is 5.75 Å². The van der Waals surface area contributed by atoms with Crippen molar-refractivity contribution in [2.45, 2.75) is 51.7 Å². The number of fused-ring (bicyclic) bond motifs is 2. The summed E-state index contributed by atoms with van der Waals surface area (Å²) in [7, 11) is -3.34. The summed E-state index contributed by atoms with van der Waals surface area (Å²) in [4.78, 5) is 26.8. The van der Waals surface area contributed by atoms with E-state index in [1.165, 1.54) is 12.5 Å². The number of hydrogen-bond donors (Lipinski definition) is 1. The molecule has 0 aromatic heterocycles. The number of carbonyl (C=O) groups is 2. The maximum atomic E-state index is 12.9. The molecule has 1 fully saturated rings. The first-order valence-electron chi connectivity index (χ1n) is 13.4. The Balaban J connectivity index is 1.77. The van der Waals surface area contributed by atoms with Crippen LogP contribution in [0.5, 0.6) is 5.75 Å². The van der Waals surface area contributed by atoms with Crippen molar-refractivity contribution >= 4 is 39.1 Å². The third-order valence-corrected chi connectivity index (χ3v) is 8.69. The Hall–Kier alpha value is -3.14. The maximum Gasteiger partial charge on any atom is 0.303 e. The summed E-state index contributed by atoms with van der Waals surface area (Å²) in [6.07, 6.45) is 5.87. The van der Waals surface area contributed by atoms with E-state index in [0.29, 0.717) is 30.5 Å². The van der Waals surface area contributed by atoms with Crippen LogP contribution in [0.25, 0.3) is 0 Å². The van der Waals surface area contributed by atoms with Gasteiger partial charge in [0.15, 0.2) is 0 Å². The van der Waals surface area contributed by atoms with Crippen LogP contribution < -0.4 is 14.8 Å². The Morgan fingerprint density at radius 3 is 2.70 bits per heavy atom. The van der Waals surface area contributed by atoms with E-state index in [0.717, 1.165) is 48.8 Å².